The van der Waals surface area contributed by atoms with E-state index in [-0.39, 0.29) is 22.9 Å². The number of aliphatic carboxylic acids is 1. The highest BCUT2D eigenvalue weighted by molar-refractivity contribution is 7.89. The Morgan fingerprint density at radius 1 is 1.33 bits per heavy atom. The summed E-state index contributed by atoms with van der Waals surface area (Å²) in [4.78, 5) is 10.9. The molecule has 0 aromatic heterocycles. The minimum atomic E-state index is -3.75. The number of sulfonamides is 1. The van der Waals surface area contributed by atoms with E-state index in [0.29, 0.717) is 18.6 Å². The second-order valence-corrected chi connectivity index (χ2v) is 6.36. The van der Waals surface area contributed by atoms with E-state index >= 15 is 0 Å². The average molecular weight is 315 g/mol. The van der Waals surface area contributed by atoms with Crippen molar-refractivity contribution in [1.82, 2.24) is 4.72 Å². The van der Waals surface area contributed by atoms with Gasteiger partial charge in [-0.25, -0.2) is 13.1 Å². The molecule has 0 saturated heterocycles. The second kappa shape index (κ2) is 7.42. The van der Waals surface area contributed by atoms with Gasteiger partial charge in [-0.3, -0.25) is 4.79 Å². The van der Waals surface area contributed by atoms with E-state index in [1.807, 2.05) is 13.8 Å². The highest BCUT2D eigenvalue weighted by atomic mass is 32.2. The quantitative estimate of drug-likeness (QED) is 0.763. The first-order valence-corrected chi connectivity index (χ1v) is 8.23. The van der Waals surface area contributed by atoms with Gasteiger partial charge in [-0.05, 0) is 36.6 Å². The first-order valence-electron chi connectivity index (χ1n) is 6.75. The summed E-state index contributed by atoms with van der Waals surface area (Å²) in [5, 5.41) is 8.94. The van der Waals surface area contributed by atoms with Crippen molar-refractivity contribution in [2.75, 3.05) is 7.11 Å². The number of hydrogen-bond donors (Lipinski definition) is 2. The number of rotatable bonds is 8. The molecule has 6 nitrogen and oxygen atoms in total. The normalized spacial score (nSPS) is 11.6. The van der Waals surface area contributed by atoms with Crippen LogP contribution < -0.4 is 9.46 Å². The lowest BCUT2D eigenvalue weighted by molar-refractivity contribution is -0.136. The maximum absolute atomic E-state index is 12.4. The van der Waals surface area contributed by atoms with Crippen LogP contribution in [0.2, 0.25) is 0 Å². The topological polar surface area (TPSA) is 92.7 Å². The zero-order chi connectivity index (χ0) is 16.0. The molecule has 0 heterocycles. The van der Waals surface area contributed by atoms with Crippen molar-refractivity contribution in [2.45, 2.75) is 44.0 Å². The van der Waals surface area contributed by atoms with Gasteiger partial charge in [0, 0.05) is 6.04 Å². The van der Waals surface area contributed by atoms with E-state index < -0.39 is 16.0 Å². The van der Waals surface area contributed by atoms with E-state index in [9.17, 15) is 13.2 Å². The standard InChI is InChI=1S/C14H21NO5S/c1-4-11(5-2)15-21(18,19)13-7-6-12(20-3)8-10(13)9-14(16)17/h6-8,11,15H,4-5,9H2,1-3H3,(H,16,17). The Kier molecular flexibility index (Phi) is 6.17. The summed E-state index contributed by atoms with van der Waals surface area (Å²) >= 11 is 0. The van der Waals surface area contributed by atoms with E-state index in [1.54, 1.807) is 0 Å². The molecule has 21 heavy (non-hydrogen) atoms. The van der Waals surface area contributed by atoms with Crippen LogP contribution in [0.1, 0.15) is 32.3 Å². The Bertz CT molecular complexity index is 593. The van der Waals surface area contributed by atoms with Crippen LogP contribution in [0.15, 0.2) is 23.1 Å². The van der Waals surface area contributed by atoms with Gasteiger partial charge < -0.3 is 9.84 Å². The Balaban J connectivity index is 3.23. The van der Waals surface area contributed by atoms with E-state index in [4.69, 9.17) is 9.84 Å². The number of carbonyl (C=O) groups is 1. The summed E-state index contributed by atoms with van der Waals surface area (Å²) in [5.74, 6) is -0.671. The molecule has 0 amide bonds. The number of methoxy groups -OCH3 is 1. The van der Waals surface area contributed by atoms with Gasteiger partial charge in [0.2, 0.25) is 10.0 Å². The first-order chi connectivity index (χ1) is 9.83. The van der Waals surface area contributed by atoms with Crippen molar-refractivity contribution in [1.29, 1.82) is 0 Å². The summed E-state index contributed by atoms with van der Waals surface area (Å²) in [6.07, 6.45) is 0.955. The fourth-order valence-corrected chi connectivity index (χ4v) is 3.61. The van der Waals surface area contributed by atoms with Gasteiger partial charge in [-0.15, -0.1) is 0 Å². The Hall–Kier alpha value is -1.60. The van der Waals surface area contributed by atoms with Gasteiger partial charge in [0.1, 0.15) is 5.75 Å². The fraction of sp³-hybridized carbons (Fsp3) is 0.500. The molecule has 1 aromatic carbocycles. The highest BCUT2D eigenvalue weighted by Gasteiger charge is 2.22. The van der Waals surface area contributed by atoms with Crippen LogP contribution in [0, 0.1) is 0 Å². The molecule has 1 rings (SSSR count). The molecule has 0 spiro atoms. The maximum atomic E-state index is 12.4. The molecule has 0 aliphatic carbocycles. The van der Waals surface area contributed by atoms with E-state index in [2.05, 4.69) is 4.72 Å². The number of carboxylic acid groups (broad SMARTS) is 1. The van der Waals surface area contributed by atoms with Crippen molar-refractivity contribution in [3.8, 4) is 5.75 Å². The van der Waals surface area contributed by atoms with Gasteiger partial charge in [0.15, 0.2) is 0 Å². The van der Waals surface area contributed by atoms with Crippen molar-refractivity contribution in [3.05, 3.63) is 23.8 Å². The molecule has 1 aromatic rings. The SMILES string of the molecule is CCC(CC)NS(=O)(=O)c1ccc(OC)cc1CC(=O)O. The minimum absolute atomic E-state index is 0.0161. The molecule has 118 valence electrons. The Morgan fingerprint density at radius 2 is 1.95 bits per heavy atom. The van der Waals surface area contributed by atoms with Gasteiger partial charge in [-0.1, -0.05) is 13.8 Å². The summed E-state index contributed by atoms with van der Waals surface area (Å²) in [6, 6.07) is 4.15. The smallest absolute Gasteiger partial charge is 0.307 e. The number of carboxylic acids is 1. The highest BCUT2D eigenvalue weighted by Crippen LogP contribution is 2.23. The van der Waals surface area contributed by atoms with Crippen molar-refractivity contribution in [2.24, 2.45) is 0 Å². The number of benzene rings is 1. The van der Waals surface area contributed by atoms with Crippen LogP contribution in [0.4, 0.5) is 0 Å². The molecule has 0 bridgehead atoms. The number of hydrogen-bond acceptors (Lipinski definition) is 4. The molecule has 0 unspecified atom stereocenters. The third-order valence-electron chi connectivity index (χ3n) is 3.21. The lowest BCUT2D eigenvalue weighted by Crippen LogP contribution is -2.34. The third kappa shape index (κ3) is 4.71. The van der Waals surface area contributed by atoms with Crippen molar-refractivity contribution >= 4 is 16.0 Å². The molecule has 0 radical (unpaired) electrons. The molecular formula is C14H21NO5S. The summed E-state index contributed by atoms with van der Waals surface area (Å²) in [7, 11) is -2.31. The predicted molar refractivity (Wildman–Crippen MR) is 79.0 cm³/mol. The fourth-order valence-electron chi connectivity index (χ4n) is 1.98. The molecule has 0 fully saturated rings. The van der Waals surface area contributed by atoms with Crippen LogP contribution >= 0.6 is 0 Å². The molecule has 7 heteroatoms. The van der Waals surface area contributed by atoms with Crippen molar-refractivity contribution in [3.63, 3.8) is 0 Å². The Labute approximate surface area is 125 Å². The zero-order valence-corrected chi connectivity index (χ0v) is 13.2. The monoisotopic (exact) mass is 315 g/mol. The van der Waals surface area contributed by atoms with Gasteiger partial charge in [0.25, 0.3) is 0 Å². The van der Waals surface area contributed by atoms with Crippen molar-refractivity contribution < 1.29 is 23.1 Å². The molecule has 0 atom stereocenters. The molecule has 2 N–H and O–H groups in total. The first kappa shape index (κ1) is 17.5. The number of nitrogens with one attached hydrogen (secondary N) is 1. The number of ether oxygens (including phenoxy) is 1. The van der Waals surface area contributed by atoms with E-state index in [1.165, 1.54) is 25.3 Å². The summed E-state index contributed by atoms with van der Waals surface area (Å²) in [5.41, 5.74) is 0.209. The van der Waals surface area contributed by atoms with E-state index in [0.717, 1.165) is 0 Å². The molecular weight excluding hydrogens is 294 g/mol. The lowest BCUT2D eigenvalue weighted by Gasteiger charge is -2.17. The summed E-state index contributed by atoms with van der Waals surface area (Å²) in [6.45, 7) is 3.78. The van der Waals surface area contributed by atoms with Crippen LogP contribution in [0.5, 0.6) is 5.75 Å². The third-order valence-corrected chi connectivity index (χ3v) is 4.83. The Morgan fingerprint density at radius 3 is 2.43 bits per heavy atom. The summed E-state index contributed by atoms with van der Waals surface area (Å²) < 4.78 is 32.5. The average Bonchev–Trinajstić information content (AvgIpc) is 2.43. The van der Waals surface area contributed by atoms with Crippen LogP contribution in [-0.4, -0.2) is 32.6 Å². The maximum Gasteiger partial charge on any atom is 0.307 e. The largest absolute Gasteiger partial charge is 0.497 e. The van der Waals surface area contributed by atoms with Gasteiger partial charge >= 0.3 is 5.97 Å². The minimum Gasteiger partial charge on any atom is -0.497 e. The second-order valence-electron chi connectivity index (χ2n) is 4.68. The van der Waals surface area contributed by atoms with Crippen LogP contribution in [0.3, 0.4) is 0 Å². The zero-order valence-electron chi connectivity index (χ0n) is 12.4. The predicted octanol–water partition coefficient (Wildman–Crippen LogP) is 1.79. The van der Waals surface area contributed by atoms with Gasteiger partial charge in [0.05, 0.1) is 18.4 Å². The van der Waals surface area contributed by atoms with Gasteiger partial charge in [-0.2, -0.15) is 0 Å². The molecule has 0 aliphatic heterocycles. The molecule has 0 saturated carbocycles. The van der Waals surface area contributed by atoms with Crippen LogP contribution in [-0.2, 0) is 21.2 Å². The molecule has 0 aliphatic rings. The van der Waals surface area contributed by atoms with Crippen LogP contribution in [0.25, 0.3) is 0 Å². The lowest BCUT2D eigenvalue weighted by atomic mass is 10.1.